The summed E-state index contributed by atoms with van der Waals surface area (Å²) < 4.78 is 16.8. The summed E-state index contributed by atoms with van der Waals surface area (Å²) in [5.74, 6) is 1.64. The molecular formula is C52H101NO5. The van der Waals surface area contributed by atoms with Gasteiger partial charge in [0.25, 0.3) is 0 Å². The lowest BCUT2D eigenvalue weighted by atomic mass is 9.91. The molecule has 0 aliphatic carbocycles. The average Bonchev–Trinajstić information content (AvgIpc) is 4.06. The van der Waals surface area contributed by atoms with Crippen LogP contribution < -0.4 is 0 Å². The number of unbranched alkanes of at least 4 members (excludes halogenated alkanes) is 20. The Morgan fingerprint density at radius 3 is 1.14 bits per heavy atom. The van der Waals surface area contributed by atoms with Gasteiger partial charge in [0.15, 0.2) is 0 Å². The summed E-state index contributed by atoms with van der Waals surface area (Å²) in [5.41, 5.74) is 0. The van der Waals surface area contributed by atoms with Gasteiger partial charge in [0.05, 0.1) is 25.9 Å². The van der Waals surface area contributed by atoms with Gasteiger partial charge >= 0.3 is 11.9 Å². The third-order valence-corrected chi connectivity index (χ3v) is 12.8. The van der Waals surface area contributed by atoms with E-state index >= 15 is 0 Å². The normalized spacial score (nSPS) is 13.9. The van der Waals surface area contributed by atoms with Gasteiger partial charge in [-0.2, -0.15) is 0 Å². The van der Waals surface area contributed by atoms with Crippen LogP contribution in [0, 0.1) is 11.8 Å². The van der Waals surface area contributed by atoms with Gasteiger partial charge in [-0.25, -0.2) is 0 Å². The predicted molar refractivity (Wildman–Crippen MR) is 249 cm³/mol. The molecule has 1 aliphatic rings. The van der Waals surface area contributed by atoms with Crippen molar-refractivity contribution < 1.29 is 23.8 Å². The molecule has 1 fully saturated rings. The van der Waals surface area contributed by atoms with Crippen LogP contribution in [0.5, 0.6) is 0 Å². The zero-order valence-electron chi connectivity index (χ0n) is 39.6. The molecule has 344 valence electrons. The minimum atomic E-state index is 0.00583. The first-order valence-corrected chi connectivity index (χ1v) is 26.2. The highest BCUT2D eigenvalue weighted by Gasteiger charge is 2.22. The summed E-state index contributed by atoms with van der Waals surface area (Å²) in [5, 5.41) is 0. The van der Waals surface area contributed by atoms with Crippen LogP contribution >= 0.6 is 0 Å². The average molecular weight is 820 g/mol. The van der Waals surface area contributed by atoms with Crippen LogP contribution in [0.25, 0.3) is 0 Å². The maximum Gasteiger partial charge on any atom is 0.305 e. The number of hydrogen-bond acceptors (Lipinski definition) is 6. The van der Waals surface area contributed by atoms with Gasteiger partial charge in [-0.3, -0.25) is 9.59 Å². The lowest BCUT2D eigenvalue weighted by Crippen LogP contribution is -2.28. The van der Waals surface area contributed by atoms with E-state index in [1.165, 1.54) is 180 Å². The highest BCUT2D eigenvalue weighted by molar-refractivity contribution is 5.69. The second-order valence-corrected chi connectivity index (χ2v) is 18.5. The SMILES string of the molecule is CCCCCCC(CCCCCC)CCCOC(=O)CCCCCCCN(CCCCCCCC(=O)OCCCC(CCCCCC)CCCCCC)CCC1CO1. The first-order valence-electron chi connectivity index (χ1n) is 26.2. The Bertz CT molecular complexity index is 792. The number of hydrogen-bond donors (Lipinski definition) is 0. The van der Waals surface area contributed by atoms with Crippen LogP contribution in [-0.4, -0.2) is 62.4 Å². The van der Waals surface area contributed by atoms with Crippen LogP contribution in [0.4, 0.5) is 0 Å². The third kappa shape index (κ3) is 37.8. The standard InChI is InChI=1S/C52H101NO5/c1-5-9-13-23-33-48(34-24-14-10-6-2)37-31-45-56-51(54)39-27-19-17-21-29-42-53(44-41-50-47-58-50)43-30-22-18-20-28-40-52(55)57-46-32-38-49(35-25-15-11-7-3)36-26-16-12-8-4/h48-50H,5-47H2,1-4H3. The maximum atomic E-state index is 12.4. The molecule has 0 aromatic carbocycles. The predicted octanol–water partition coefficient (Wildman–Crippen LogP) is 15.5. The number of ether oxygens (including phenoxy) is 3. The zero-order valence-corrected chi connectivity index (χ0v) is 39.6. The molecule has 58 heavy (non-hydrogen) atoms. The molecular weight excluding hydrogens is 719 g/mol. The summed E-state index contributed by atoms with van der Waals surface area (Å²) in [7, 11) is 0. The molecule has 0 N–H and O–H groups in total. The Hall–Kier alpha value is -1.14. The molecule has 1 unspecified atom stereocenters. The summed E-state index contributed by atoms with van der Waals surface area (Å²) in [6.45, 7) is 14.8. The lowest BCUT2D eigenvalue weighted by molar-refractivity contribution is -0.144. The first-order chi connectivity index (χ1) is 28.5. The quantitative estimate of drug-likeness (QED) is 0.0346. The summed E-state index contributed by atoms with van der Waals surface area (Å²) in [6.07, 6.45) is 45.7. The molecule has 1 atom stereocenters. The van der Waals surface area contributed by atoms with Crippen molar-refractivity contribution in [3.8, 4) is 0 Å². The maximum absolute atomic E-state index is 12.4. The number of rotatable bonds is 47. The molecule has 0 saturated carbocycles. The molecule has 0 aromatic heterocycles. The molecule has 6 nitrogen and oxygen atoms in total. The van der Waals surface area contributed by atoms with Crippen molar-refractivity contribution in [3.63, 3.8) is 0 Å². The first kappa shape index (κ1) is 54.9. The van der Waals surface area contributed by atoms with E-state index in [1.54, 1.807) is 0 Å². The van der Waals surface area contributed by atoms with Gasteiger partial charge in [-0.05, 0) is 82.7 Å². The highest BCUT2D eigenvalue weighted by atomic mass is 16.6. The fourth-order valence-corrected chi connectivity index (χ4v) is 8.73. The van der Waals surface area contributed by atoms with Gasteiger partial charge in [-0.15, -0.1) is 0 Å². The molecule has 0 aromatic rings. The molecule has 1 aliphatic heterocycles. The van der Waals surface area contributed by atoms with Crippen molar-refractivity contribution in [2.45, 2.75) is 271 Å². The number of carbonyl (C=O) groups is 2. The fourth-order valence-electron chi connectivity index (χ4n) is 8.73. The number of esters is 2. The second-order valence-electron chi connectivity index (χ2n) is 18.5. The van der Waals surface area contributed by atoms with Crippen molar-refractivity contribution in [1.82, 2.24) is 4.90 Å². The minimum Gasteiger partial charge on any atom is -0.466 e. The van der Waals surface area contributed by atoms with Crippen molar-refractivity contribution in [1.29, 1.82) is 0 Å². The smallest absolute Gasteiger partial charge is 0.305 e. The van der Waals surface area contributed by atoms with Crippen LogP contribution in [0.3, 0.4) is 0 Å². The summed E-state index contributed by atoms with van der Waals surface area (Å²) in [4.78, 5) is 27.4. The summed E-state index contributed by atoms with van der Waals surface area (Å²) >= 11 is 0. The monoisotopic (exact) mass is 820 g/mol. The topological polar surface area (TPSA) is 68.4 Å². The third-order valence-electron chi connectivity index (χ3n) is 12.8. The van der Waals surface area contributed by atoms with E-state index in [0.717, 1.165) is 83.0 Å². The number of epoxide rings is 1. The molecule has 0 bridgehead atoms. The molecule has 1 heterocycles. The fraction of sp³-hybridized carbons (Fsp3) is 0.962. The van der Waals surface area contributed by atoms with Crippen molar-refractivity contribution in [2.24, 2.45) is 11.8 Å². The van der Waals surface area contributed by atoms with E-state index in [0.29, 0.717) is 32.2 Å². The molecule has 0 radical (unpaired) electrons. The zero-order chi connectivity index (χ0) is 42.0. The van der Waals surface area contributed by atoms with Gasteiger partial charge in [0, 0.05) is 19.4 Å². The lowest BCUT2D eigenvalue weighted by Gasteiger charge is -2.22. The van der Waals surface area contributed by atoms with Gasteiger partial charge < -0.3 is 19.1 Å². The van der Waals surface area contributed by atoms with E-state index in [4.69, 9.17) is 14.2 Å². The molecule has 0 spiro atoms. The van der Waals surface area contributed by atoms with Gasteiger partial charge in [-0.1, -0.05) is 195 Å². The van der Waals surface area contributed by atoms with Crippen molar-refractivity contribution >= 4 is 11.9 Å². The molecule has 1 saturated heterocycles. The molecule has 6 heteroatoms. The Labute approximate surface area is 362 Å². The number of carbonyl (C=O) groups excluding carboxylic acids is 2. The van der Waals surface area contributed by atoms with E-state index in [9.17, 15) is 9.59 Å². The van der Waals surface area contributed by atoms with Crippen LogP contribution in [-0.2, 0) is 23.8 Å². The van der Waals surface area contributed by atoms with E-state index in [1.807, 2.05) is 0 Å². The van der Waals surface area contributed by atoms with E-state index < -0.39 is 0 Å². The van der Waals surface area contributed by atoms with E-state index in [-0.39, 0.29) is 11.9 Å². The van der Waals surface area contributed by atoms with E-state index in [2.05, 4.69) is 32.6 Å². The summed E-state index contributed by atoms with van der Waals surface area (Å²) in [6, 6.07) is 0. The minimum absolute atomic E-state index is 0.00583. The number of nitrogens with zero attached hydrogens (tertiary/aromatic N) is 1. The van der Waals surface area contributed by atoms with Crippen LogP contribution in [0.15, 0.2) is 0 Å². The highest BCUT2D eigenvalue weighted by Crippen LogP contribution is 2.25. The van der Waals surface area contributed by atoms with Crippen LogP contribution in [0.1, 0.15) is 265 Å². The van der Waals surface area contributed by atoms with Gasteiger partial charge in [0.1, 0.15) is 0 Å². The largest absolute Gasteiger partial charge is 0.466 e. The Kier molecular flexibility index (Phi) is 40.3. The second kappa shape index (κ2) is 42.5. The van der Waals surface area contributed by atoms with Crippen LogP contribution in [0.2, 0.25) is 0 Å². The Morgan fingerprint density at radius 2 is 0.776 bits per heavy atom. The molecule has 1 rings (SSSR count). The van der Waals surface area contributed by atoms with Gasteiger partial charge in [0.2, 0.25) is 0 Å². The van der Waals surface area contributed by atoms with Crippen molar-refractivity contribution in [3.05, 3.63) is 0 Å². The van der Waals surface area contributed by atoms with Crippen molar-refractivity contribution in [2.75, 3.05) is 39.5 Å². The Balaban J connectivity index is 2.11. The Morgan fingerprint density at radius 1 is 0.448 bits per heavy atom. The molecule has 0 amide bonds.